The fraction of sp³-hybridized carbons (Fsp3) is 0.900. The summed E-state index contributed by atoms with van der Waals surface area (Å²) in [4.78, 5) is 10.1. The first-order valence-corrected chi connectivity index (χ1v) is 5.52. The van der Waals surface area contributed by atoms with E-state index < -0.39 is 12.0 Å². The van der Waals surface area contributed by atoms with Gasteiger partial charge in [0.2, 0.25) is 0 Å². The van der Waals surface area contributed by atoms with E-state index in [0.717, 1.165) is 39.3 Å². The van der Waals surface area contributed by atoms with Gasteiger partial charge in [-0.15, -0.1) is 0 Å². The summed E-state index contributed by atoms with van der Waals surface area (Å²) in [6.07, 6.45) is 2.16. The maximum Gasteiger partial charge on any atom is 0.320 e. The number of nitrogens with two attached hydrogens (primary N) is 2. The Balaban J connectivity index is 0.000000315. The predicted octanol–water partition coefficient (Wildman–Crippen LogP) is -0.439. The first-order valence-electron chi connectivity index (χ1n) is 5.52. The second-order valence-corrected chi connectivity index (χ2v) is 3.45. The molecule has 6 heteroatoms. The van der Waals surface area contributed by atoms with Gasteiger partial charge in [0, 0.05) is 0 Å². The summed E-state index contributed by atoms with van der Waals surface area (Å²) in [5.74, 6) is -0.933. The van der Waals surface area contributed by atoms with Gasteiger partial charge in [0.05, 0.1) is 26.4 Å². The molecule has 96 valence electrons. The molecular formula is C10H22N2O4. The number of ether oxygens (including phenoxy) is 2. The number of hydrogen-bond acceptors (Lipinski definition) is 5. The van der Waals surface area contributed by atoms with Crippen molar-refractivity contribution in [2.45, 2.75) is 25.3 Å². The van der Waals surface area contributed by atoms with Gasteiger partial charge >= 0.3 is 5.97 Å². The number of carbonyl (C=O) groups is 1. The van der Waals surface area contributed by atoms with Crippen LogP contribution in [-0.2, 0) is 14.3 Å². The molecule has 0 radical (unpaired) electrons. The van der Waals surface area contributed by atoms with Gasteiger partial charge in [-0.1, -0.05) is 6.42 Å². The zero-order valence-electron chi connectivity index (χ0n) is 9.56. The van der Waals surface area contributed by atoms with E-state index in [9.17, 15) is 4.79 Å². The highest BCUT2D eigenvalue weighted by Crippen LogP contribution is 1.96. The third kappa shape index (κ3) is 9.85. The summed E-state index contributed by atoms with van der Waals surface area (Å²) in [7, 11) is 0. The summed E-state index contributed by atoms with van der Waals surface area (Å²) < 4.78 is 9.89. The fourth-order valence-corrected chi connectivity index (χ4v) is 1.07. The van der Waals surface area contributed by atoms with E-state index in [4.69, 9.17) is 26.0 Å². The minimum absolute atomic E-state index is 0.520. The molecule has 1 aliphatic heterocycles. The molecule has 1 fully saturated rings. The van der Waals surface area contributed by atoms with Crippen LogP contribution in [0.1, 0.15) is 19.3 Å². The standard InChI is InChI=1S/C6H14N2O2.C4H8O2/c7-4-2-1-3-5(8)6(9)10;1-2-6-4-3-5-1/h5H,1-4,7-8H2,(H,9,10);1-4H2/t5-;/m0./s1. The molecule has 1 aliphatic rings. The smallest absolute Gasteiger partial charge is 0.320 e. The Bertz CT molecular complexity index is 163. The summed E-state index contributed by atoms with van der Waals surface area (Å²) in [6, 6.07) is -0.716. The fourth-order valence-electron chi connectivity index (χ4n) is 1.07. The Morgan fingerprint density at radius 2 is 1.69 bits per heavy atom. The van der Waals surface area contributed by atoms with Gasteiger partial charge in [0.15, 0.2) is 0 Å². The van der Waals surface area contributed by atoms with Crippen LogP contribution in [0.15, 0.2) is 0 Å². The maximum absolute atomic E-state index is 10.1. The molecule has 5 N–H and O–H groups in total. The first-order chi connectivity index (χ1) is 7.68. The van der Waals surface area contributed by atoms with E-state index in [2.05, 4.69) is 0 Å². The average molecular weight is 234 g/mol. The molecule has 0 amide bonds. The van der Waals surface area contributed by atoms with E-state index in [1.165, 1.54) is 0 Å². The Hall–Kier alpha value is -0.690. The van der Waals surface area contributed by atoms with E-state index in [1.807, 2.05) is 0 Å². The quantitative estimate of drug-likeness (QED) is 0.557. The summed E-state index contributed by atoms with van der Waals surface area (Å²) in [5, 5.41) is 8.33. The van der Waals surface area contributed by atoms with Gasteiger partial charge in [-0.25, -0.2) is 0 Å². The Morgan fingerprint density at radius 3 is 2.00 bits per heavy atom. The van der Waals surface area contributed by atoms with Crippen molar-refractivity contribution in [1.29, 1.82) is 0 Å². The summed E-state index contributed by atoms with van der Waals surface area (Å²) in [5.41, 5.74) is 10.4. The van der Waals surface area contributed by atoms with Gasteiger partial charge in [0.25, 0.3) is 0 Å². The van der Waals surface area contributed by atoms with Crippen LogP contribution in [0.5, 0.6) is 0 Å². The van der Waals surface area contributed by atoms with Crippen molar-refractivity contribution in [2.75, 3.05) is 33.0 Å². The first kappa shape index (κ1) is 15.3. The van der Waals surface area contributed by atoms with Crippen LogP contribution in [0, 0.1) is 0 Å². The normalized spacial score (nSPS) is 17.1. The largest absolute Gasteiger partial charge is 0.480 e. The molecule has 0 aliphatic carbocycles. The Labute approximate surface area is 95.9 Å². The zero-order valence-corrected chi connectivity index (χ0v) is 9.56. The van der Waals surface area contributed by atoms with E-state index in [1.54, 1.807) is 0 Å². The molecule has 1 atom stereocenters. The summed E-state index contributed by atoms with van der Waals surface area (Å²) >= 11 is 0. The molecule has 6 nitrogen and oxygen atoms in total. The molecule has 1 rings (SSSR count). The molecule has 0 spiro atoms. The zero-order chi connectivity index (χ0) is 12.2. The van der Waals surface area contributed by atoms with Crippen molar-refractivity contribution in [3.05, 3.63) is 0 Å². The molecule has 0 aromatic rings. The minimum atomic E-state index is -0.933. The minimum Gasteiger partial charge on any atom is -0.480 e. The van der Waals surface area contributed by atoms with Crippen molar-refractivity contribution in [3.63, 3.8) is 0 Å². The second-order valence-electron chi connectivity index (χ2n) is 3.45. The lowest BCUT2D eigenvalue weighted by atomic mass is 10.1. The van der Waals surface area contributed by atoms with Crippen molar-refractivity contribution in [3.8, 4) is 0 Å². The van der Waals surface area contributed by atoms with Crippen molar-refractivity contribution < 1.29 is 19.4 Å². The topological polar surface area (TPSA) is 108 Å². The van der Waals surface area contributed by atoms with Gasteiger partial charge < -0.3 is 26.0 Å². The van der Waals surface area contributed by atoms with Crippen molar-refractivity contribution >= 4 is 5.97 Å². The van der Waals surface area contributed by atoms with Crippen LogP contribution in [0.25, 0.3) is 0 Å². The van der Waals surface area contributed by atoms with Crippen LogP contribution in [0.4, 0.5) is 0 Å². The highest BCUT2D eigenvalue weighted by Gasteiger charge is 2.09. The van der Waals surface area contributed by atoms with Crippen LogP contribution in [0.2, 0.25) is 0 Å². The lowest BCUT2D eigenvalue weighted by molar-refractivity contribution is -0.138. The van der Waals surface area contributed by atoms with Crippen molar-refractivity contribution in [2.24, 2.45) is 11.5 Å². The number of carboxylic acids is 1. The number of rotatable bonds is 5. The lowest BCUT2D eigenvalue weighted by Gasteiger charge is -2.09. The van der Waals surface area contributed by atoms with E-state index >= 15 is 0 Å². The maximum atomic E-state index is 10.1. The van der Waals surface area contributed by atoms with E-state index in [0.29, 0.717) is 13.0 Å². The van der Waals surface area contributed by atoms with Gasteiger partial charge in [-0.2, -0.15) is 0 Å². The van der Waals surface area contributed by atoms with Gasteiger partial charge in [-0.3, -0.25) is 4.79 Å². The molecule has 0 aromatic carbocycles. The molecular weight excluding hydrogens is 212 g/mol. The van der Waals surface area contributed by atoms with Crippen LogP contribution in [0.3, 0.4) is 0 Å². The SMILES string of the molecule is C1COCCO1.NCCCC[C@H](N)C(=O)O. The predicted molar refractivity (Wildman–Crippen MR) is 60.2 cm³/mol. The van der Waals surface area contributed by atoms with Crippen molar-refractivity contribution in [1.82, 2.24) is 0 Å². The number of unbranched alkanes of at least 4 members (excludes halogenated alkanes) is 1. The lowest BCUT2D eigenvalue weighted by Crippen LogP contribution is -2.29. The molecule has 0 unspecified atom stereocenters. The van der Waals surface area contributed by atoms with E-state index in [-0.39, 0.29) is 0 Å². The van der Waals surface area contributed by atoms with Crippen LogP contribution in [-0.4, -0.2) is 50.1 Å². The summed E-state index contributed by atoms with van der Waals surface area (Å²) in [6.45, 7) is 3.71. The third-order valence-corrected chi connectivity index (χ3v) is 2.03. The molecule has 0 saturated carbocycles. The molecule has 1 saturated heterocycles. The monoisotopic (exact) mass is 234 g/mol. The average Bonchev–Trinajstić information content (AvgIpc) is 2.32. The second kappa shape index (κ2) is 10.8. The highest BCUT2D eigenvalue weighted by molar-refractivity contribution is 5.72. The molecule has 16 heavy (non-hydrogen) atoms. The molecule has 0 aromatic heterocycles. The molecule has 1 heterocycles. The number of hydrogen-bond donors (Lipinski definition) is 3. The molecule has 0 bridgehead atoms. The van der Waals surface area contributed by atoms with Gasteiger partial charge in [0.1, 0.15) is 6.04 Å². The van der Waals surface area contributed by atoms with Crippen LogP contribution < -0.4 is 11.5 Å². The highest BCUT2D eigenvalue weighted by atomic mass is 16.6. The Kier molecular flexibility index (Phi) is 10.3. The number of carboxylic acid groups (broad SMARTS) is 1. The Morgan fingerprint density at radius 1 is 1.19 bits per heavy atom. The third-order valence-electron chi connectivity index (χ3n) is 2.03. The van der Waals surface area contributed by atoms with Crippen LogP contribution >= 0.6 is 0 Å². The van der Waals surface area contributed by atoms with Gasteiger partial charge in [-0.05, 0) is 19.4 Å². The number of aliphatic carboxylic acids is 1.